The van der Waals surface area contributed by atoms with Gasteiger partial charge in [0, 0.05) is 44.3 Å². The number of pyridine rings is 1. The first kappa shape index (κ1) is 19.7. The number of hydrogen-bond donors (Lipinski definition) is 3. The number of ether oxygens (including phenoxy) is 1. The maximum absolute atomic E-state index is 12.3. The largest absolute Gasteiger partial charge is 0.381 e. The quantitative estimate of drug-likeness (QED) is 0.689. The Bertz CT molecular complexity index is 847. The summed E-state index contributed by atoms with van der Waals surface area (Å²) in [5.74, 6) is 1.09. The Morgan fingerprint density at radius 2 is 2.10 bits per heavy atom. The second kappa shape index (κ2) is 8.84. The average molecular weight is 396 g/mol. The van der Waals surface area contributed by atoms with Crippen LogP contribution in [0.15, 0.2) is 30.6 Å². The molecule has 0 saturated carbocycles. The fraction of sp³-hybridized carbons (Fsp3) is 0.524. The van der Waals surface area contributed by atoms with Crippen LogP contribution in [0.5, 0.6) is 0 Å². The standard InChI is InChI=1S/C21H28N6O2/c1-21(5-10-29-11-6-21)14-25-18-12-15(3-8-23-18)17-4-9-24-20(26-17)27-19(28)16-2-7-22-13-16/h3-4,8-9,12,16,22H,2,5-7,10-11,13-14H2,1H3,(H,23,25)(H,24,26,27,28)/t16-/m1/s1. The molecule has 2 aromatic heterocycles. The molecule has 8 nitrogen and oxygen atoms in total. The van der Waals surface area contributed by atoms with E-state index in [0.29, 0.717) is 12.5 Å². The van der Waals surface area contributed by atoms with Gasteiger partial charge in [-0.3, -0.25) is 10.1 Å². The zero-order valence-electron chi connectivity index (χ0n) is 16.8. The molecular formula is C21H28N6O2. The molecule has 2 aliphatic heterocycles. The van der Waals surface area contributed by atoms with E-state index in [4.69, 9.17) is 4.74 Å². The predicted octanol–water partition coefficient (Wildman–Crippen LogP) is 2.32. The Morgan fingerprint density at radius 1 is 1.28 bits per heavy atom. The SMILES string of the molecule is CC1(CNc2cc(-c3ccnc(NC(=O)[C@@H]4CCNC4)n3)ccn2)CCOCC1. The van der Waals surface area contributed by atoms with Gasteiger partial charge in [0.25, 0.3) is 0 Å². The second-order valence-electron chi connectivity index (χ2n) is 8.15. The topological polar surface area (TPSA) is 101 Å². The average Bonchev–Trinajstić information content (AvgIpc) is 3.29. The normalized spacial score (nSPS) is 20.9. The van der Waals surface area contributed by atoms with Gasteiger partial charge < -0.3 is 15.4 Å². The van der Waals surface area contributed by atoms with Gasteiger partial charge in [0.05, 0.1) is 11.6 Å². The minimum Gasteiger partial charge on any atom is -0.381 e. The maximum Gasteiger partial charge on any atom is 0.231 e. The number of carbonyl (C=O) groups excluding carboxylic acids is 1. The third-order valence-electron chi connectivity index (χ3n) is 5.77. The number of amides is 1. The highest BCUT2D eigenvalue weighted by molar-refractivity contribution is 5.91. The van der Waals surface area contributed by atoms with Crippen molar-refractivity contribution in [1.82, 2.24) is 20.3 Å². The van der Waals surface area contributed by atoms with E-state index >= 15 is 0 Å². The Hall–Kier alpha value is -2.58. The second-order valence-corrected chi connectivity index (χ2v) is 8.15. The number of nitrogens with one attached hydrogen (secondary N) is 3. The molecule has 29 heavy (non-hydrogen) atoms. The summed E-state index contributed by atoms with van der Waals surface area (Å²) in [6, 6.07) is 5.74. The molecule has 2 fully saturated rings. The summed E-state index contributed by atoms with van der Waals surface area (Å²) in [6.07, 6.45) is 6.38. The van der Waals surface area contributed by atoms with Gasteiger partial charge >= 0.3 is 0 Å². The lowest BCUT2D eigenvalue weighted by Crippen LogP contribution is -2.33. The summed E-state index contributed by atoms with van der Waals surface area (Å²) in [6.45, 7) is 6.35. The number of anilines is 2. The summed E-state index contributed by atoms with van der Waals surface area (Å²) < 4.78 is 5.47. The first-order chi connectivity index (χ1) is 14.1. The molecule has 1 amide bonds. The van der Waals surface area contributed by atoms with E-state index in [1.54, 1.807) is 12.4 Å². The minimum atomic E-state index is -0.0334. The molecule has 0 aromatic carbocycles. The molecule has 2 aliphatic rings. The zero-order valence-corrected chi connectivity index (χ0v) is 16.8. The predicted molar refractivity (Wildman–Crippen MR) is 112 cm³/mol. The summed E-state index contributed by atoms with van der Waals surface area (Å²) in [7, 11) is 0. The maximum atomic E-state index is 12.3. The van der Waals surface area contributed by atoms with E-state index in [0.717, 1.165) is 62.6 Å². The molecule has 2 aromatic rings. The van der Waals surface area contributed by atoms with Crippen molar-refractivity contribution in [2.24, 2.45) is 11.3 Å². The number of nitrogens with zero attached hydrogens (tertiary/aromatic N) is 3. The fourth-order valence-electron chi connectivity index (χ4n) is 3.70. The number of aromatic nitrogens is 3. The van der Waals surface area contributed by atoms with Gasteiger partial charge in [-0.25, -0.2) is 15.0 Å². The molecule has 4 heterocycles. The monoisotopic (exact) mass is 396 g/mol. The molecule has 0 radical (unpaired) electrons. The van der Waals surface area contributed by atoms with E-state index in [1.165, 1.54) is 0 Å². The first-order valence-electron chi connectivity index (χ1n) is 10.2. The van der Waals surface area contributed by atoms with Crippen LogP contribution in [-0.4, -0.2) is 53.7 Å². The van der Waals surface area contributed by atoms with E-state index < -0.39 is 0 Å². The molecule has 1 atom stereocenters. The number of rotatable bonds is 6. The van der Waals surface area contributed by atoms with Crippen molar-refractivity contribution in [2.75, 3.05) is 43.5 Å². The van der Waals surface area contributed by atoms with Gasteiger partial charge in [-0.05, 0) is 49.4 Å². The van der Waals surface area contributed by atoms with Gasteiger partial charge in [-0.1, -0.05) is 6.92 Å². The molecule has 0 unspecified atom stereocenters. The van der Waals surface area contributed by atoms with Crippen LogP contribution in [0.4, 0.5) is 11.8 Å². The van der Waals surface area contributed by atoms with E-state index in [-0.39, 0.29) is 17.2 Å². The highest BCUT2D eigenvalue weighted by Crippen LogP contribution is 2.30. The van der Waals surface area contributed by atoms with Gasteiger partial charge in [0.2, 0.25) is 11.9 Å². The highest BCUT2D eigenvalue weighted by Gasteiger charge is 2.27. The van der Waals surface area contributed by atoms with Crippen molar-refractivity contribution in [2.45, 2.75) is 26.2 Å². The smallest absolute Gasteiger partial charge is 0.231 e. The van der Waals surface area contributed by atoms with Gasteiger partial charge in [-0.15, -0.1) is 0 Å². The Morgan fingerprint density at radius 3 is 2.90 bits per heavy atom. The lowest BCUT2D eigenvalue weighted by atomic mass is 9.82. The van der Waals surface area contributed by atoms with Crippen molar-refractivity contribution >= 4 is 17.7 Å². The molecule has 0 aliphatic carbocycles. The van der Waals surface area contributed by atoms with Crippen molar-refractivity contribution in [3.63, 3.8) is 0 Å². The summed E-state index contributed by atoms with van der Waals surface area (Å²) in [5, 5.41) is 9.50. The Kier molecular flexibility index (Phi) is 6.01. The van der Waals surface area contributed by atoms with Crippen LogP contribution >= 0.6 is 0 Å². The van der Waals surface area contributed by atoms with Crippen LogP contribution in [0, 0.1) is 11.3 Å². The van der Waals surface area contributed by atoms with Crippen LogP contribution in [0.1, 0.15) is 26.2 Å². The van der Waals surface area contributed by atoms with E-state index in [1.807, 2.05) is 18.2 Å². The number of carbonyl (C=O) groups is 1. The van der Waals surface area contributed by atoms with Crippen LogP contribution < -0.4 is 16.0 Å². The third kappa shape index (κ3) is 5.07. The molecule has 154 valence electrons. The van der Waals surface area contributed by atoms with E-state index in [2.05, 4.69) is 37.8 Å². The fourth-order valence-corrected chi connectivity index (χ4v) is 3.70. The number of hydrogen-bond acceptors (Lipinski definition) is 7. The molecule has 8 heteroatoms. The summed E-state index contributed by atoms with van der Waals surface area (Å²) >= 11 is 0. The summed E-state index contributed by atoms with van der Waals surface area (Å²) in [5.41, 5.74) is 1.90. The van der Waals surface area contributed by atoms with Crippen LogP contribution in [0.2, 0.25) is 0 Å². The highest BCUT2D eigenvalue weighted by atomic mass is 16.5. The first-order valence-corrected chi connectivity index (χ1v) is 10.2. The van der Waals surface area contributed by atoms with Crippen molar-refractivity contribution < 1.29 is 9.53 Å². The van der Waals surface area contributed by atoms with Crippen LogP contribution in [0.3, 0.4) is 0 Å². The molecule has 2 saturated heterocycles. The third-order valence-corrected chi connectivity index (χ3v) is 5.77. The van der Waals surface area contributed by atoms with Gasteiger partial charge in [-0.2, -0.15) is 0 Å². The lowest BCUT2D eigenvalue weighted by molar-refractivity contribution is -0.119. The van der Waals surface area contributed by atoms with Gasteiger partial charge in [0.1, 0.15) is 5.82 Å². The van der Waals surface area contributed by atoms with Crippen LogP contribution in [0.25, 0.3) is 11.3 Å². The van der Waals surface area contributed by atoms with Crippen molar-refractivity contribution in [3.05, 3.63) is 30.6 Å². The molecule has 0 spiro atoms. The molecular weight excluding hydrogens is 368 g/mol. The van der Waals surface area contributed by atoms with Gasteiger partial charge in [0.15, 0.2) is 0 Å². The van der Waals surface area contributed by atoms with Crippen molar-refractivity contribution in [3.8, 4) is 11.3 Å². The zero-order chi connectivity index (χ0) is 20.1. The van der Waals surface area contributed by atoms with E-state index in [9.17, 15) is 4.79 Å². The van der Waals surface area contributed by atoms with Crippen LogP contribution in [-0.2, 0) is 9.53 Å². The molecule has 0 bridgehead atoms. The lowest BCUT2D eigenvalue weighted by Gasteiger charge is -2.33. The Balaban J connectivity index is 1.43. The summed E-state index contributed by atoms with van der Waals surface area (Å²) in [4.78, 5) is 25.5. The molecule has 3 N–H and O–H groups in total. The Labute approximate surface area is 170 Å². The van der Waals surface area contributed by atoms with Crippen molar-refractivity contribution in [1.29, 1.82) is 0 Å². The molecule has 4 rings (SSSR count). The minimum absolute atomic E-state index is 0.0227.